The fourth-order valence-corrected chi connectivity index (χ4v) is 1.75. The molecule has 5 N–H and O–H groups in total. The molecule has 0 saturated carbocycles. The average Bonchev–Trinajstić information content (AvgIpc) is 2.44. The zero-order valence-electron chi connectivity index (χ0n) is 9.59. The largest absolute Gasteiger partial charge is 0.388 e. The van der Waals surface area contributed by atoms with Gasteiger partial charge in [-0.2, -0.15) is 0 Å². The first-order valence-electron chi connectivity index (χ1n) is 5.46. The lowest BCUT2D eigenvalue weighted by molar-refractivity contribution is -0.125. The predicted molar refractivity (Wildman–Crippen MR) is 57.6 cm³/mol. The van der Waals surface area contributed by atoms with E-state index in [1.165, 1.54) is 0 Å². The SMILES string of the molecule is CC(C)NC(=O)CC1OC(CN)C(O)C1O. The molecule has 0 bridgehead atoms. The predicted octanol–water partition coefficient (Wildman–Crippen LogP) is -1.65. The summed E-state index contributed by atoms with van der Waals surface area (Å²) in [7, 11) is 0. The fraction of sp³-hybridized carbons (Fsp3) is 0.900. The number of rotatable bonds is 4. The maximum Gasteiger partial charge on any atom is 0.222 e. The molecular weight excluding hydrogens is 212 g/mol. The summed E-state index contributed by atoms with van der Waals surface area (Å²) in [5.41, 5.74) is 5.36. The third-order valence-electron chi connectivity index (χ3n) is 2.53. The normalized spacial score (nSPS) is 34.4. The summed E-state index contributed by atoms with van der Waals surface area (Å²) >= 11 is 0. The molecule has 0 aliphatic carbocycles. The minimum atomic E-state index is -1.05. The Morgan fingerprint density at radius 1 is 1.38 bits per heavy atom. The molecule has 6 nitrogen and oxygen atoms in total. The van der Waals surface area contributed by atoms with Gasteiger partial charge in [-0.1, -0.05) is 0 Å². The molecule has 1 amide bonds. The molecule has 1 aliphatic heterocycles. The summed E-state index contributed by atoms with van der Waals surface area (Å²) in [4.78, 5) is 11.4. The number of hydrogen-bond donors (Lipinski definition) is 4. The van der Waals surface area contributed by atoms with Crippen LogP contribution in [-0.2, 0) is 9.53 Å². The molecule has 0 spiro atoms. The van der Waals surface area contributed by atoms with Crippen molar-refractivity contribution in [1.29, 1.82) is 0 Å². The van der Waals surface area contributed by atoms with Crippen molar-refractivity contribution < 1.29 is 19.7 Å². The number of aliphatic hydroxyl groups is 2. The molecule has 1 aliphatic rings. The molecule has 0 radical (unpaired) electrons. The van der Waals surface area contributed by atoms with Crippen molar-refractivity contribution in [3.63, 3.8) is 0 Å². The summed E-state index contributed by atoms with van der Waals surface area (Å²) in [6.45, 7) is 3.82. The van der Waals surface area contributed by atoms with Crippen molar-refractivity contribution >= 4 is 5.91 Å². The zero-order chi connectivity index (χ0) is 12.3. The molecule has 94 valence electrons. The minimum absolute atomic E-state index is 0.0346. The molecule has 16 heavy (non-hydrogen) atoms. The van der Waals surface area contributed by atoms with Crippen molar-refractivity contribution in [2.75, 3.05) is 6.54 Å². The van der Waals surface area contributed by atoms with Gasteiger partial charge >= 0.3 is 0 Å². The van der Waals surface area contributed by atoms with E-state index in [9.17, 15) is 15.0 Å². The second-order valence-corrected chi connectivity index (χ2v) is 4.36. The Morgan fingerprint density at radius 3 is 2.38 bits per heavy atom. The van der Waals surface area contributed by atoms with E-state index >= 15 is 0 Å². The Bertz CT molecular complexity index is 247. The van der Waals surface area contributed by atoms with Crippen molar-refractivity contribution in [1.82, 2.24) is 5.32 Å². The highest BCUT2D eigenvalue weighted by Crippen LogP contribution is 2.22. The number of aliphatic hydroxyl groups excluding tert-OH is 2. The standard InChI is InChI=1S/C10H20N2O4/c1-5(2)12-8(13)3-6-9(14)10(15)7(4-11)16-6/h5-7,9-10,14-15H,3-4,11H2,1-2H3,(H,12,13). The van der Waals surface area contributed by atoms with Gasteiger partial charge in [0.25, 0.3) is 0 Å². The highest BCUT2D eigenvalue weighted by atomic mass is 16.5. The van der Waals surface area contributed by atoms with Gasteiger partial charge in [-0.25, -0.2) is 0 Å². The summed E-state index contributed by atoms with van der Waals surface area (Å²) in [6, 6.07) is 0.0428. The Labute approximate surface area is 94.8 Å². The van der Waals surface area contributed by atoms with E-state index in [1.807, 2.05) is 13.8 Å². The van der Waals surface area contributed by atoms with Crippen LogP contribution in [0.25, 0.3) is 0 Å². The second-order valence-electron chi connectivity index (χ2n) is 4.36. The van der Waals surface area contributed by atoms with E-state index in [0.29, 0.717) is 0 Å². The van der Waals surface area contributed by atoms with Crippen LogP contribution >= 0.6 is 0 Å². The first kappa shape index (κ1) is 13.4. The third-order valence-corrected chi connectivity index (χ3v) is 2.53. The van der Waals surface area contributed by atoms with Crippen LogP contribution in [0.5, 0.6) is 0 Å². The maximum atomic E-state index is 11.4. The first-order chi connectivity index (χ1) is 7.45. The van der Waals surface area contributed by atoms with Crippen molar-refractivity contribution in [2.24, 2.45) is 5.73 Å². The van der Waals surface area contributed by atoms with E-state index < -0.39 is 24.4 Å². The molecular formula is C10H20N2O4. The smallest absolute Gasteiger partial charge is 0.222 e. The van der Waals surface area contributed by atoms with Gasteiger partial charge in [0.15, 0.2) is 0 Å². The number of ether oxygens (including phenoxy) is 1. The molecule has 0 aromatic rings. The second kappa shape index (κ2) is 5.58. The number of carbonyl (C=O) groups is 1. The van der Waals surface area contributed by atoms with Crippen LogP contribution in [0.4, 0.5) is 0 Å². The minimum Gasteiger partial charge on any atom is -0.388 e. The van der Waals surface area contributed by atoms with Gasteiger partial charge in [0.2, 0.25) is 5.91 Å². The molecule has 0 aromatic carbocycles. The van der Waals surface area contributed by atoms with Crippen LogP contribution in [0.3, 0.4) is 0 Å². The first-order valence-corrected chi connectivity index (χ1v) is 5.46. The summed E-state index contributed by atoms with van der Waals surface area (Å²) in [5, 5.41) is 21.9. The maximum absolute atomic E-state index is 11.4. The van der Waals surface area contributed by atoms with Gasteiger partial charge in [-0.05, 0) is 13.8 Å². The molecule has 1 saturated heterocycles. The van der Waals surface area contributed by atoms with Gasteiger partial charge in [0.05, 0.1) is 18.6 Å². The van der Waals surface area contributed by atoms with E-state index in [0.717, 1.165) is 0 Å². The molecule has 6 heteroatoms. The van der Waals surface area contributed by atoms with E-state index in [-0.39, 0.29) is 24.9 Å². The monoisotopic (exact) mass is 232 g/mol. The fourth-order valence-electron chi connectivity index (χ4n) is 1.75. The van der Waals surface area contributed by atoms with Gasteiger partial charge in [-0.15, -0.1) is 0 Å². The molecule has 4 unspecified atom stereocenters. The van der Waals surface area contributed by atoms with Crippen molar-refractivity contribution in [3.05, 3.63) is 0 Å². The lowest BCUT2D eigenvalue weighted by Gasteiger charge is -2.15. The Morgan fingerprint density at radius 2 is 1.94 bits per heavy atom. The lowest BCUT2D eigenvalue weighted by Crippen LogP contribution is -2.38. The average molecular weight is 232 g/mol. The number of carbonyl (C=O) groups excluding carboxylic acids is 1. The third kappa shape index (κ3) is 3.15. The summed E-state index contributed by atoms with van der Waals surface area (Å²) < 4.78 is 5.30. The van der Waals surface area contributed by atoms with Crippen molar-refractivity contribution in [3.8, 4) is 0 Å². The van der Waals surface area contributed by atoms with Gasteiger partial charge in [-0.3, -0.25) is 4.79 Å². The molecule has 1 rings (SSSR count). The summed E-state index contributed by atoms with van der Waals surface area (Å²) in [6.07, 6.45) is -3.30. The van der Waals surface area contributed by atoms with Crippen LogP contribution in [-0.4, -0.2) is 53.1 Å². The van der Waals surface area contributed by atoms with Crippen LogP contribution in [0.15, 0.2) is 0 Å². The molecule has 0 aromatic heterocycles. The van der Waals surface area contributed by atoms with Crippen LogP contribution in [0.1, 0.15) is 20.3 Å². The Kier molecular flexibility index (Phi) is 4.67. The highest BCUT2D eigenvalue weighted by Gasteiger charge is 2.42. The van der Waals surface area contributed by atoms with Gasteiger partial charge in [0, 0.05) is 12.6 Å². The molecule has 1 heterocycles. The number of amides is 1. The Balaban J connectivity index is 2.47. The molecule has 1 fully saturated rings. The van der Waals surface area contributed by atoms with E-state index in [4.69, 9.17) is 10.5 Å². The van der Waals surface area contributed by atoms with Crippen LogP contribution < -0.4 is 11.1 Å². The van der Waals surface area contributed by atoms with Crippen LogP contribution in [0, 0.1) is 0 Å². The van der Waals surface area contributed by atoms with Crippen molar-refractivity contribution in [2.45, 2.75) is 50.7 Å². The van der Waals surface area contributed by atoms with Crippen LogP contribution in [0.2, 0.25) is 0 Å². The quantitative estimate of drug-likeness (QED) is 0.465. The van der Waals surface area contributed by atoms with E-state index in [2.05, 4.69) is 5.32 Å². The number of nitrogens with two attached hydrogens (primary N) is 1. The number of nitrogens with one attached hydrogen (secondary N) is 1. The Hall–Kier alpha value is -0.690. The highest BCUT2D eigenvalue weighted by molar-refractivity contribution is 5.76. The number of hydrogen-bond acceptors (Lipinski definition) is 5. The van der Waals surface area contributed by atoms with E-state index in [1.54, 1.807) is 0 Å². The van der Waals surface area contributed by atoms with Gasteiger partial charge < -0.3 is 26.0 Å². The van der Waals surface area contributed by atoms with Gasteiger partial charge in [0.1, 0.15) is 12.2 Å². The molecule has 4 atom stereocenters. The topological polar surface area (TPSA) is 105 Å². The lowest BCUT2D eigenvalue weighted by atomic mass is 10.1. The zero-order valence-corrected chi connectivity index (χ0v) is 9.59. The summed E-state index contributed by atoms with van der Waals surface area (Å²) in [5.74, 6) is -0.205.